The molecule has 0 saturated carbocycles. The summed E-state index contributed by atoms with van der Waals surface area (Å²) in [6.45, 7) is 3.24. The quantitative estimate of drug-likeness (QED) is 0.488. The highest BCUT2D eigenvalue weighted by atomic mass is 16.6. The number of aromatic nitrogens is 1. The number of nitro groups is 1. The molecule has 100 valence electrons. The number of pyridine rings is 1. The van der Waals surface area contributed by atoms with Gasteiger partial charge < -0.3 is 11.1 Å². The van der Waals surface area contributed by atoms with Gasteiger partial charge in [0, 0.05) is 35.4 Å². The number of aryl methyl sites for hydroxylation is 1. The number of hydrogen-bond acceptors (Lipinski definition) is 5. The Bertz CT molecular complexity index is 613. The first-order chi connectivity index (χ1) is 9.11. The van der Waals surface area contributed by atoms with Crippen molar-refractivity contribution in [3.8, 4) is 0 Å². The summed E-state index contributed by atoms with van der Waals surface area (Å²) in [5, 5.41) is 14.8. The molecule has 0 aliphatic heterocycles. The first kappa shape index (κ1) is 13.2. The number of hydrogen-bond donors (Lipinski definition) is 2. The van der Waals surface area contributed by atoms with Gasteiger partial charge in [0.2, 0.25) is 0 Å². The fourth-order valence-electron chi connectivity index (χ4n) is 1.93. The molecule has 0 fully saturated rings. The molecule has 1 heterocycles. The van der Waals surface area contributed by atoms with Crippen molar-refractivity contribution in [2.24, 2.45) is 5.73 Å². The number of nitrogens with one attached hydrogen (secondary N) is 1. The summed E-state index contributed by atoms with van der Waals surface area (Å²) >= 11 is 0. The van der Waals surface area contributed by atoms with E-state index < -0.39 is 4.92 Å². The smallest absolute Gasteiger partial charge is 0.270 e. The largest absolute Gasteiger partial charge is 0.384 e. The summed E-state index contributed by atoms with van der Waals surface area (Å²) < 4.78 is 0. The third-order valence-corrected chi connectivity index (χ3v) is 2.83. The van der Waals surface area contributed by atoms with Gasteiger partial charge >= 0.3 is 0 Å². The molecular weight excluding hydrogens is 244 g/mol. The fourth-order valence-corrected chi connectivity index (χ4v) is 1.93. The van der Waals surface area contributed by atoms with Crippen LogP contribution >= 0.6 is 0 Å². The van der Waals surface area contributed by atoms with E-state index in [1.165, 1.54) is 6.07 Å². The Morgan fingerprint density at radius 3 is 2.89 bits per heavy atom. The van der Waals surface area contributed by atoms with Crippen LogP contribution in [0.25, 0.3) is 10.9 Å². The second-order valence-electron chi connectivity index (χ2n) is 4.34. The van der Waals surface area contributed by atoms with Gasteiger partial charge in [-0.15, -0.1) is 0 Å². The number of fused-ring (bicyclic) bond motifs is 1. The lowest BCUT2D eigenvalue weighted by Gasteiger charge is -2.10. The number of rotatable bonds is 5. The maximum absolute atomic E-state index is 10.8. The first-order valence-electron chi connectivity index (χ1n) is 6.11. The maximum Gasteiger partial charge on any atom is 0.270 e. The molecule has 0 aliphatic carbocycles. The zero-order chi connectivity index (χ0) is 13.8. The Morgan fingerprint density at radius 1 is 1.42 bits per heavy atom. The normalized spacial score (nSPS) is 10.6. The summed E-state index contributed by atoms with van der Waals surface area (Å²) in [5.74, 6) is 0. The van der Waals surface area contributed by atoms with E-state index in [2.05, 4.69) is 10.3 Å². The summed E-state index contributed by atoms with van der Waals surface area (Å²) in [7, 11) is 0. The molecule has 0 atom stereocenters. The van der Waals surface area contributed by atoms with Gasteiger partial charge in [-0.3, -0.25) is 15.1 Å². The summed E-state index contributed by atoms with van der Waals surface area (Å²) in [6, 6.07) is 6.59. The minimum absolute atomic E-state index is 0.0695. The van der Waals surface area contributed by atoms with Gasteiger partial charge in [0.05, 0.1) is 10.4 Å². The van der Waals surface area contributed by atoms with Crippen LogP contribution in [0.5, 0.6) is 0 Å². The molecule has 6 nitrogen and oxygen atoms in total. The molecule has 0 saturated heterocycles. The number of nitrogens with two attached hydrogens (primary N) is 1. The zero-order valence-electron chi connectivity index (χ0n) is 10.7. The molecular formula is C13H16N4O2. The van der Waals surface area contributed by atoms with Crippen LogP contribution in [0, 0.1) is 17.0 Å². The molecule has 3 N–H and O–H groups in total. The molecule has 0 bridgehead atoms. The molecule has 0 unspecified atom stereocenters. The van der Waals surface area contributed by atoms with Crippen LogP contribution in [-0.4, -0.2) is 23.0 Å². The lowest BCUT2D eigenvalue weighted by Crippen LogP contribution is -2.09. The highest BCUT2D eigenvalue weighted by Crippen LogP contribution is 2.27. The lowest BCUT2D eigenvalue weighted by molar-refractivity contribution is -0.384. The Kier molecular flexibility index (Phi) is 3.91. The van der Waals surface area contributed by atoms with E-state index in [-0.39, 0.29) is 5.69 Å². The van der Waals surface area contributed by atoms with Gasteiger partial charge in [-0.1, -0.05) is 0 Å². The second kappa shape index (κ2) is 5.62. The van der Waals surface area contributed by atoms with Gasteiger partial charge in [-0.2, -0.15) is 0 Å². The van der Waals surface area contributed by atoms with Crippen LogP contribution in [-0.2, 0) is 0 Å². The van der Waals surface area contributed by atoms with E-state index in [1.54, 1.807) is 12.1 Å². The van der Waals surface area contributed by atoms with Crippen molar-refractivity contribution in [2.75, 3.05) is 18.4 Å². The van der Waals surface area contributed by atoms with E-state index in [0.717, 1.165) is 35.2 Å². The lowest BCUT2D eigenvalue weighted by atomic mass is 10.1. The third kappa shape index (κ3) is 2.97. The molecule has 1 aromatic carbocycles. The van der Waals surface area contributed by atoms with Crippen LogP contribution in [0.2, 0.25) is 0 Å². The molecule has 19 heavy (non-hydrogen) atoms. The molecule has 1 aromatic heterocycles. The summed E-state index contributed by atoms with van der Waals surface area (Å²) in [5.41, 5.74) is 8.01. The Morgan fingerprint density at radius 2 is 2.21 bits per heavy atom. The van der Waals surface area contributed by atoms with Gasteiger partial charge in [0.1, 0.15) is 0 Å². The number of nitro benzene ring substituents is 1. The number of benzene rings is 1. The van der Waals surface area contributed by atoms with Crippen molar-refractivity contribution in [3.05, 3.63) is 40.1 Å². The monoisotopic (exact) mass is 260 g/mol. The second-order valence-corrected chi connectivity index (χ2v) is 4.34. The van der Waals surface area contributed by atoms with Crippen molar-refractivity contribution in [1.29, 1.82) is 0 Å². The number of non-ortho nitro benzene ring substituents is 1. The van der Waals surface area contributed by atoms with Crippen molar-refractivity contribution < 1.29 is 4.92 Å². The van der Waals surface area contributed by atoms with Crippen LogP contribution in [0.1, 0.15) is 12.1 Å². The van der Waals surface area contributed by atoms with Crippen molar-refractivity contribution in [1.82, 2.24) is 4.98 Å². The maximum atomic E-state index is 10.8. The Hall–Kier alpha value is -2.21. The molecule has 0 radical (unpaired) electrons. The average molecular weight is 260 g/mol. The first-order valence-corrected chi connectivity index (χ1v) is 6.11. The van der Waals surface area contributed by atoms with Crippen LogP contribution in [0.4, 0.5) is 11.4 Å². The standard InChI is InChI=1S/C13H16N4O2/c1-9-7-13(15-6-2-5-14)11-8-10(17(18)19)3-4-12(11)16-9/h3-4,7-8H,2,5-6,14H2,1H3,(H,15,16). The van der Waals surface area contributed by atoms with E-state index in [0.29, 0.717) is 6.54 Å². The van der Waals surface area contributed by atoms with Gasteiger partial charge in [-0.05, 0) is 32.0 Å². The predicted octanol–water partition coefficient (Wildman–Crippen LogP) is 2.21. The molecule has 2 aromatic rings. The van der Waals surface area contributed by atoms with E-state index >= 15 is 0 Å². The minimum Gasteiger partial charge on any atom is -0.384 e. The molecule has 6 heteroatoms. The summed E-state index contributed by atoms with van der Waals surface area (Å²) in [4.78, 5) is 14.8. The SMILES string of the molecule is Cc1cc(NCCCN)c2cc([N+](=O)[O-])ccc2n1. The van der Waals surface area contributed by atoms with Crippen LogP contribution < -0.4 is 11.1 Å². The minimum atomic E-state index is -0.400. The average Bonchev–Trinajstić information content (AvgIpc) is 2.38. The van der Waals surface area contributed by atoms with Crippen molar-refractivity contribution in [3.63, 3.8) is 0 Å². The fraction of sp³-hybridized carbons (Fsp3) is 0.308. The Labute approximate surface area is 110 Å². The third-order valence-electron chi connectivity index (χ3n) is 2.83. The Balaban J connectivity index is 2.46. The number of anilines is 1. The zero-order valence-corrected chi connectivity index (χ0v) is 10.7. The van der Waals surface area contributed by atoms with Gasteiger partial charge in [-0.25, -0.2) is 0 Å². The highest BCUT2D eigenvalue weighted by molar-refractivity contribution is 5.93. The molecule has 2 rings (SSSR count). The van der Waals surface area contributed by atoms with E-state index in [1.807, 2.05) is 13.0 Å². The van der Waals surface area contributed by atoms with Crippen LogP contribution in [0.3, 0.4) is 0 Å². The number of nitrogens with zero attached hydrogens (tertiary/aromatic N) is 2. The van der Waals surface area contributed by atoms with Gasteiger partial charge in [0.15, 0.2) is 0 Å². The topological polar surface area (TPSA) is 94.1 Å². The van der Waals surface area contributed by atoms with Crippen molar-refractivity contribution in [2.45, 2.75) is 13.3 Å². The van der Waals surface area contributed by atoms with Crippen LogP contribution in [0.15, 0.2) is 24.3 Å². The predicted molar refractivity (Wildman–Crippen MR) is 75.3 cm³/mol. The van der Waals surface area contributed by atoms with Gasteiger partial charge in [0.25, 0.3) is 5.69 Å². The summed E-state index contributed by atoms with van der Waals surface area (Å²) in [6.07, 6.45) is 0.845. The van der Waals surface area contributed by atoms with E-state index in [4.69, 9.17) is 5.73 Å². The molecule has 0 spiro atoms. The molecule has 0 amide bonds. The van der Waals surface area contributed by atoms with Crippen molar-refractivity contribution >= 4 is 22.3 Å². The molecule has 0 aliphatic rings. The van der Waals surface area contributed by atoms with E-state index in [9.17, 15) is 10.1 Å². The highest BCUT2D eigenvalue weighted by Gasteiger charge is 2.10.